The molecule has 146 valence electrons. The lowest BCUT2D eigenvalue weighted by Gasteiger charge is -2.15. The van der Waals surface area contributed by atoms with E-state index in [0.29, 0.717) is 5.71 Å². The molecule has 0 aliphatic carbocycles. The molecule has 2 aromatic carbocycles. The maximum Gasteiger partial charge on any atom is 0.356 e. The quantitative estimate of drug-likeness (QED) is 0.341. The van der Waals surface area contributed by atoms with Crippen molar-refractivity contribution in [2.75, 3.05) is 6.61 Å². The van der Waals surface area contributed by atoms with E-state index in [4.69, 9.17) is 4.74 Å². The van der Waals surface area contributed by atoms with E-state index >= 15 is 0 Å². The maximum atomic E-state index is 12.4. The van der Waals surface area contributed by atoms with Crippen molar-refractivity contribution < 1.29 is 14.3 Å². The minimum atomic E-state index is -0.621. The Labute approximate surface area is 166 Å². The van der Waals surface area contributed by atoms with Gasteiger partial charge in [-0.2, -0.15) is 5.10 Å². The minimum absolute atomic E-state index is 0.00568. The summed E-state index contributed by atoms with van der Waals surface area (Å²) in [5, 5.41) is 4.45. The third-order valence-electron chi connectivity index (χ3n) is 3.89. The molecule has 0 bridgehead atoms. The monoisotopic (exact) mass is 378 g/mol. The van der Waals surface area contributed by atoms with Crippen LogP contribution in [0.1, 0.15) is 38.8 Å². The predicted molar refractivity (Wildman–Crippen MR) is 111 cm³/mol. The first-order chi connectivity index (χ1) is 13.3. The lowest BCUT2D eigenvalue weighted by molar-refractivity contribution is -0.139. The lowest BCUT2D eigenvalue weighted by Crippen LogP contribution is -2.25. The van der Waals surface area contributed by atoms with Crippen LogP contribution in [0.15, 0.2) is 77.5 Å². The van der Waals surface area contributed by atoms with Crippen molar-refractivity contribution in [1.29, 1.82) is 0 Å². The summed E-state index contributed by atoms with van der Waals surface area (Å²) >= 11 is 0. The molecule has 28 heavy (non-hydrogen) atoms. The second-order valence-electron chi connectivity index (χ2n) is 7.20. The molecule has 0 atom stereocenters. The van der Waals surface area contributed by atoms with Crippen LogP contribution in [0.3, 0.4) is 0 Å². The van der Waals surface area contributed by atoms with Crippen LogP contribution < -0.4 is 5.43 Å². The van der Waals surface area contributed by atoms with Gasteiger partial charge in [0.15, 0.2) is 5.78 Å². The van der Waals surface area contributed by atoms with Crippen LogP contribution in [0.4, 0.5) is 0 Å². The number of hydrazone groups is 1. The van der Waals surface area contributed by atoms with Gasteiger partial charge in [-0.25, -0.2) is 4.79 Å². The molecule has 0 fully saturated rings. The lowest BCUT2D eigenvalue weighted by atomic mass is 9.90. The molecular formula is C23H26N2O3. The largest absolute Gasteiger partial charge is 0.461 e. The van der Waals surface area contributed by atoms with Crippen LogP contribution in [-0.4, -0.2) is 24.1 Å². The van der Waals surface area contributed by atoms with Gasteiger partial charge in [0.1, 0.15) is 5.70 Å². The third-order valence-corrected chi connectivity index (χ3v) is 3.89. The summed E-state index contributed by atoms with van der Waals surface area (Å²) < 4.78 is 5.07. The Bertz CT molecular complexity index is 822. The fraction of sp³-hybridized carbons (Fsp3) is 0.261. The highest BCUT2D eigenvalue weighted by molar-refractivity contribution is 6.13. The van der Waals surface area contributed by atoms with E-state index in [1.807, 2.05) is 60.7 Å². The summed E-state index contributed by atoms with van der Waals surface area (Å²) in [4.78, 5) is 24.7. The number of hydrogen-bond acceptors (Lipinski definition) is 5. The van der Waals surface area contributed by atoms with Crippen molar-refractivity contribution in [3.63, 3.8) is 0 Å². The Kier molecular flexibility index (Phi) is 7.27. The van der Waals surface area contributed by atoms with E-state index in [2.05, 4.69) is 10.5 Å². The van der Waals surface area contributed by atoms with E-state index < -0.39 is 11.4 Å². The summed E-state index contributed by atoms with van der Waals surface area (Å²) in [5.41, 5.74) is 4.56. The van der Waals surface area contributed by atoms with Gasteiger partial charge >= 0.3 is 5.97 Å². The molecule has 0 saturated heterocycles. The van der Waals surface area contributed by atoms with Gasteiger partial charge in [-0.1, -0.05) is 81.4 Å². The number of ketones is 1. The van der Waals surface area contributed by atoms with Crippen molar-refractivity contribution in [1.82, 2.24) is 5.43 Å². The highest BCUT2D eigenvalue weighted by atomic mass is 16.5. The first-order valence-corrected chi connectivity index (χ1v) is 9.20. The predicted octanol–water partition coefficient (Wildman–Crippen LogP) is 4.09. The first-order valence-electron chi connectivity index (χ1n) is 9.20. The number of allylic oxidation sites excluding steroid dienone is 1. The van der Waals surface area contributed by atoms with Crippen LogP contribution in [-0.2, 0) is 14.3 Å². The smallest absolute Gasteiger partial charge is 0.356 e. The standard InChI is InChI=1S/C23H26N2O3/c1-5-28-22(27)19(16-20(26)23(2,3)4)24-25-21(17-12-8-6-9-13-17)18-14-10-7-11-15-18/h6-16,24H,5H2,1-4H3. The Morgan fingerprint density at radius 1 is 0.964 bits per heavy atom. The zero-order chi connectivity index (χ0) is 20.6. The Hall–Kier alpha value is -3.21. The van der Waals surface area contributed by atoms with Crippen molar-refractivity contribution >= 4 is 17.5 Å². The number of carbonyl (C=O) groups excluding carboxylic acids is 2. The molecule has 2 rings (SSSR count). The number of esters is 1. The highest BCUT2D eigenvalue weighted by Gasteiger charge is 2.22. The molecule has 2 aromatic rings. The number of nitrogens with one attached hydrogen (secondary N) is 1. The molecule has 0 saturated carbocycles. The van der Waals surface area contributed by atoms with E-state index in [9.17, 15) is 9.59 Å². The van der Waals surface area contributed by atoms with E-state index in [1.165, 1.54) is 6.08 Å². The fourth-order valence-electron chi connectivity index (χ4n) is 2.30. The summed E-state index contributed by atoms with van der Waals surface area (Å²) in [6.07, 6.45) is 1.26. The fourth-order valence-corrected chi connectivity index (χ4v) is 2.30. The highest BCUT2D eigenvalue weighted by Crippen LogP contribution is 2.16. The molecule has 0 aliphatic rings. The molecule has 1 N–H and O–H groups in total. The number of hydrogen-bond donors (Lipinski definition) is 1. The van der Waals surface area contributed by atoms with Crippen molar-refractivity contribution in [2.45, 2.75) is 27.7 Å². The van der Waals surface area contributed by atoms with Crippen LogP contribution in [0, 0.1) is 5.41 Å². The Balaban J connectivity index is 2.44. The summed E-state index contributed by atoms with van der Waals surface area (Å²) in [6.45, 7) is 7.28. The van der Waals surface area contributed by atoms with Gasteiger partial charge in [-0.15, -0.1) is 0 Å². The van der Waals surface area contributed by atoms with Crippen LogP contribution >= 0.6 is 0 Å². The van der Waals surface area contributed by atoms with Gasteiger partial charge in [-0.05, 0) is 6.92 Å². The van der Waals surface area contributed by atoms with Crippen molar-refractivity contribution in [3.05, 3.63) is 83.6 Å². The average molecular weight is 378 g/mol. The number of ether oxygens (including phenoxy) is 1. The molecular weight excluding hydrogens is 352 g/mol. The normalized spacial score (nSPS) is 11.5. The molecule has 0 amide bonds. The van der Waals surface area contributed by atoms with Gasteiger partial charge in [0.25, 0.3) is 0 Å². The summed E-state index contributed by atoms with van der Waals surface area (Å²) in [7, 11) is 0. The van der Waals surface area contributed by atoms with Crippen LogP contribution in [0.25, 0.3) is 0 Å². The van der Waals surface area contributed by atoms with Gasteiger partial charge in [0, 0.05) is 22.6 Å². The average Bonchev–Trinajstić information content (AvgIpc) is 2.68. The zero-order valence-electron chi connectivity index (χ0n) is 16.7. The number of rotatable bonds is 7. The Morgan fingerprint density at radius 2 is 1.46 bits per heavy atom. The van der Waals surface area contributed by atoms with Crippen LogP contribution in [0.2, 0.25) is 0 Å². The van der Waals surface area contributed by atoms with E-state index in [-0.39, 0.29) is 18.1 Å². The minimum Gasteiger partial charge on any atom is -0.461 e. The number of nitrogens with zero attached hydrogens (tertiary/aromatic N) is 1. The van der Waals surface area contributed by atoms with E-state index in [1.54, 1.807) is 27.7 Å². The molecule has 0 aliphatic heterocycles. The second kappa shape index (κ2) is 9.65. The molecule has 0 unspecified atom stereocenters. The van der Waals surface area contributed by atoms with Gasteiger partial charge in [0.05, 0.1) is 12.3 Å². The summed E-state index contributed by atoms with van der Waals surface area (Å²) in [5.74, 6) is -0.816. The number of benzene rings is 2. The molecule has 5 heteroatoms. The van der Waals surface area contributed by atoms with Crippen molar-refractivity contribution in [3.8, 4) is 0 Å². The Morgan fingerprint density at radius 3 is 1.89 bits per heavy atom. The molecule has 0 aromatic heterocycles. The first kappa shape index (κ1) is 21.1. The molecule has 0 radical (unpaired) electrons. The van der Waals surface area contributed by atoms with Gasteiger partial charge in [-0.3, -0.25) is 10.2 Å². The van der Waals surface area contributed by atoms with Crippen molar-refractivity contribution in [2.24, 2.45) is 10.5 Å². The van der Waals surface area contributed by atoms with Gasteiger partial charge < -0.3 is 4.74 Å². The third kappa shape index (κ3) is 5.91. The number of carbonyl (C=O) groups is 2. The van der Waals surface area contributed by atoms with Gasteiger partial charge in [0.2, 0.25) is 0 Å². The van der Waals surface area contributed by atoms with Crippen LogP contribution in [0.5, 0.6) is 0 Å². The SMILES string of the molecule is CCOC(=O)C(=CC(=O)C(C)(C)C)NN=C(c1ccccc1)c1ccccc1. The molecule has 0 spiro atoms. The summed E-state index contributed by atoms with van der Waals surface area (Å²) in [6, 6.07) is 19.2. The molecule has 0 heterocycles. The van der Waals surface area contributed by atoms with E-state index in [0.717, 1.165) is 11.1 Å². The zero-order valence-corrected chi connectivity index (χ0v) is 16.7. The second-order valence-corrected chi connectivity index (χ2v) is 7.20. The molecule has 5 nitrogen and oxygen atoms in total. The maximum absolute atomic E-state index is 12.4. The topological polar surface area (TPSA) is 67.8 Å².